The molecular formula is C35H40N6O2S2. The second kappa shape index (κ2) is 10.8. The quantitative estimate of drug-likeness (QED) is 0.178. The third-order valence-corrected chi connectivity index (χ3v) is 12.9. The number of allylic oxidation sites excluding steroid dienone is 3. The summed E-state index contributed by atoms with van der Waals surface area (Å²) in [6.07, 6.45) is 14.6. The third-order valence-electron chi connectivity index (χ3n) is 11.1. The van der Waals surface area contributed by atoms with Gasteiger partial charge in [0.25, 0.3) is 11.8 Å². The van der Waals surface area contributed by atoms with Crippen LogP contribution < -0.4 is 10.6 Å². The molecule has 0 radical (unpaired) electrons. The molecule has 0 spiro atoms. The molecule has 4 atom stereocenters. The third kappa shape index (κ3) is 5.37. The molecule has 5 saturated carbocycles. The maximum Gasteiger partial charge on any atom is 0.268 e. The first-order valence-electron chi connectivity index (χ1n) is 16.6. The molecule has 2 N–H and O–H groups in total. The Bertz CT molecular complexity index is 1740. The molecule has 10 heteroatoms. The Balaban J connectivity index is 0.852. The number of fused-ring (bicyclic) bond motifs is 4. The van der Waals surface area contributed by atoms with Crippen LogP contribution in [0.4, 0.5) is 0 Å². The molecule has 234 valence electrons. The maximum absolute atomic E-state index is 6.22. The summed E-state index contributed by atoms with van der Waals surface area (Å²) in [6, 6.07) is 6.38. The summed E-state index contributed by atoms with van der Waals surface area (Å²) in [5.41, 5.74) is 4.73. The first-order valence-corrected chi connectivity index (χ1v) is 18.3. The molecule has 7 aliphatic carbocycles. The predicted molar refractivity (Wildman–Crippen MR) is 176 cm³/mol. The van der Waals surface area contributed by atoms with E-state index in [1.165, 1.54) is 37.7 Å². The molecule has 0 aromatic carbocycles. The van der Waals surface area contributed by atoms with Crippen LogP contribution in [0.25, 0.3) is 21.5 Å². The van der Waals surface area contributed by atoms with Gasteiger partial charge in [-0.3, -0.25) is 5.32 Å². The van der Waals surface area contributed by atoms with Gasteiger partial charge in [0, 0.05) is 11.1 Å². The van der Waals surface area contributed by atoms with Crippen LogP contribution in [0.1, 0.15) is 88.4 Å². The predicted octanol–water partition coefficient (Wildman–Crippen LogP) is 7.90. The van der Waals surface area contributed by atoms with E-state index >= 15 is 0 Å². The number of nitrogens with one attached hydrogen (secondary N) is 2. The van der Waals surface area contributed by atoms with Crippen LogP contribution in [0.5, 0.6) is 0 Å². The van der Waals surface area contributed by atoms with Crippen molar-refractivity contribution in [1.29, 1.82) is 0 Å². The molecule has 11 rings (SSSR count). The second-order valence-electron chi connectivity index (χ2n) is 14.8. The molecule has 0 aliphatic heterocycles. The molecule has 5 fully saturated rings. The van der Waals surface area contributed by atoms with Crippen molar-refractivity contribution in [1.82, 2.24) is 31.0 Å². The molecule has 45 heavy (non-hydrogen) atoms. The highest BCUT2D eigenvalue weighted by Gasteiger charge is 2.55. The van der Waals surface area contributed by atoms with Crippen molar-refractivity contribution in [2.45, 2.75) is 95.3 Å². The fraction of sp³-hybridized carbons (Fsp3) is 0.543. The summed E-state index contributed by atoms with van der Waals surface area (Å²) in [5.74, 6) is 6.05. The van der Waals surface area contributed by atoms with Gasteiger partial charge in [0.2, 0.25) is 5.89 Å². The van der Waals surface area contributed by atoms with Crippen molar-refractivity contribution in [3.05, 3.63) is 69.5 Å². The minimum atomic E-state index is -0.0632. The standard InChI is InChI=1S/C35H40N6O2S2/c1-20-6-21-7-22(8-21)13-34(2,12-20)36-18-30-39-40-33(42-30)28-11-26(19-45-28)31-24-9-23-10-25(31)16-35(14-23,15-24)37-17-29-38-32(43-41-29)27-4-3-5-44-27/h3-6,11,13,19-20,23-25,31,36-37H,7-10,12,14-18H2,1-2H3. The minimum Gasteiger partial charge on any atom is -0.419 e. The largest absolute Gasteiger partial charge is 0.419 e. The van der Waals surface area contributed by atoms with Crippen molar-refractivity contribution in [3.63, 3.8) is 0 Å². The zero-order chi connectivity index (χ0) is 30.2. The van der Waals surface area contributed by atoms with E-state index in [2.05, 4.69) is 68.4 Å². The fourth-order valence-corrected chi connectivity index (χ4v) is 11.3. The summed E-state index contributed by atoms with van der Waals surface area (Å²) in [4.78, 5) is 6.77. The highest BCUT2D eigenvalue weighted by Crippen LogP contribution is 2.61. The van der Waals surface area contributed by atoms with Gasteiger partial charge in [0.15, 0.2) is 5.82 Å². The van der Waals surface area contributed by atoms with E-state index in [-0.39, 0.29) is 11.1 Å². The number of nitrogens with zero attached hydrogens (tertiary/aromatic N) is 4. The average molecular weight is 641 g/mol. The van der Waals surface area contributed by atoms with Crippen molar-refractivity contribution >= 4 is 22.7 Å². The Kier molecular flexibility index (Phi) is 6.81. The highest BCUT2D eigenvalue weighted by molar-refractivity contribution is 7.13. The van der Waals surface area contributed by atoms with E-state index < -0.39 is 0 Å². The van der Waals surface area contributed by atoms with Gasteiger partial charge in [-0.2, -0.15) is 4.98 Å². The van der Waals surface area contributed by atoms with Crippen LogP contribution in [0, 0.1) is 23.7 Å². The Morgan fingerprint density at radius 3 is 2.64 bits per heavy atom. The van der Waals surface area contributed by atoms with Crippen molar-refractivity contribution in [2.75, 3.05) is 0 Å². The van der Waals surface area contributed by atoms with Gasteiger partial charge in [0.05, 0.1) is 22.8 Å². The number of aromatic nitrogens is 4. The molecule has 0 amide bonds. The molecule has 8 nitrogen and oxygen atoms in total. The first kappa shape index (κ1) is 28.3. The van der Waals surface area contributed by atoms with Crippen molar-refractivity contribution in [2.24, 2.45) is 23.7 Å². The van der Waals surface area contributed by atoms with E-state index in [0.29, 0.717) is 54.4 Å². The molecular weight excluding hydrogens is 601 g/mol. The van der Waals surface area contributed by atoms with E-state index in [1.54, 1.807) is 33.8 Å². The monoisotopic (exact) mass is 640 g/mol. The van der Waals surface area contributed by atoms with E-state index in [0.717, 1.165) is 40.8 Å². The van der Waals surface area contributed by atoms with Gasteiger partial charge in [-0.1, -0.05) is 41.4 Å². The minimum absolute atomic E-state index is 0.0632. The Labute approximate surface area is 271 Å². The lowest BCUT2D eigenvalue weighted by atomic mass is 9.48. The smallest absolute Gasteiger partial charge is 0.268 e. The number of thiophene rings is 2. The molecule has 4 unspecified atom stereocenters. The molecule has 4 aromatic heterocycles. The van der Waals surface area contributed by atoms with Crippen LogP contribution in [-0.4, -0.2) is 31.4 Å². The number of rotatable bonds is 9. The summed E-state index contributed by atoms with van der Waals surface area (Å²) in [5, 5.41) is 25.3. The lowest BCUT2D eigenvalue weighted by Gasteiger charge is -2.60. The van der Waals surface area contributed by atoms with Crippen molar-refractivity contribution in [3.8, 4) is 21.5 Å². The van der Waals surface area contributed by atoms with Gasteiger partial charge in [0.1, 0.15) is 0 Å². The normalized spacial score (nSPS) is 33.4. The number of hydrogen-bond donors (Lipinski definition) is 2. The zero-order valence-corrected chi connectivity index (χ0v) is 27.6. The Morgan fingerprint density at radius 1 is 0.956 bits per heavy atom. The number of hydrogen-bond acceptors (Lipinski definition) is 10. The molecule has 0 saturated heterocycles. The zero-order valence-electron chi connectivity index (χ0n) is 25.9. The first-order chi connectivity index (χ1) is 21.9. The van der Waals surface area contributed by atoms with Gasteiger partial charge >= 0.3 is 0 Å². The molecule has 7 aliphatic rings. The van der Waals surface area contributed by atoms with Crippen LogP contribution in [0.2, 0.25) is 0 Å². The van der Waals surface area contributed by atoms with Gasteiger partial charge < -0.3 is 14.3 Å². The summed E-state index contributed by atoms with van der Waals surface area (Å²) >= 11 is 3.38. The van der Waals surface area contributed by atoms with E-state index in [4.69, 9.17) is 8.94 Å². The van der Waals surface area contributed by atoms with Crippen LogP contribution >= 0.6 is 22.7 Å². The Hall–Kier alpha value is -2.92. The SMILES string of the molecule is CC1C=C2CC(=CC(C)(NCc3nnc(-c4cc(C5C6CC7CC5CC(NCc5noc(-c8cccs8)n5)(C7)C6)cs4)o3)C1)C2. The van der Waals surface area contributed by atoms with Crippen LogP contribution in [-0.2, 0) is 13.1 Å². The van der Waals surface area contributed by atoms with E-state index in [1.807, 2.05) is 17.5 Å². The molecule has 4 heterocycles. The Morgan fingerprint density at radius 2 is 1.82 bits per heavy atom. The van der Waals surface area contributed by atoms with Gasteiger partial charge in [-0.15, -0.1) is 32.9 Å². The molecule has 6 bridgehead atoms. The van der Waals surface area contributed by atoms with Crippen molar-refractivity contribution < 1.29 is 8.94 Å². The lowest BCUT2D eigenvalue weighted by Crippen LogP contribution is -2.60. The molecule has 4 aromatic rings. The summed E-state index contributed by atoms with van der Waals surface area (Å²) in [6.45, 7) is 5.86. The average Bonchev–Trinajstić information content (AvgIpc) is 3.80. The summed E-state index contributed by atoms with van der Waals surface area (Å²) in [7, 11) is 0. The van der Waals surface area contributed by atoms with Gasteiger partial charge in [-0.05, 0) is 116 Å². The van der Waals surface area contributed by atoms with E-state index in [9.17, 15) is 0 Å². The van der Waals surface area contributed by atoms with Gasteiger partial charge in [-0.25, -0.2) is 0 Å². The lowest BCUT2D eigenvalue weighted by molar-refractivity contribution is -0.0393. The second-order valence-corrected chi connectivity index (χ2v) is 16.7. The maximum atomic E-state index is 6.22. The highest BCUT2D eigenvalue weighted by atomic mass is 32.1. The summed E-state index contributed by atoms with van der Waals surface area (Å²) < 4.78 is 11.8. The topological polar surface area (TPSA) is 102 Å². The van der Waals surface area contributed by atoms with Crippen LogP contribution in [0.3, 0.4) is 0 Å². The fourth-order valence-electron chi connectivity index (χ4n) is 9.73. The van der Waals surface area contributed by atoms with Crippen LogP contribution in [0.15, 0.2) is 61.2 Å².